The highest BCUT2D eigenvalue weighted by atomic mass is 127. The number of hydrogen-bond donors (Lipinski definition) is 3. The van der Waals surface area contributed by atoms with E-state index in [1.165, 1.54) is 0 Å². The first-order chi connectivity index (χ1) is 15.0. The Morgan fingerprint density at radius 1 is 1.09 bits per heavy atom. The zero-order valence-electron chi connectivity index (χ0n) is 20.8. The smallest absolute Gasteiger partial charge is 0.412 e. The molecule has 0 atom stereocenters. The molecule has 33 heavy (non-hydrogen) atoms. The zero-order valence-corrected chi connectivity index (χ0v) is 23.1. The van der Waals surface area contributed by atoms with Crippen molar-refractivity contribution in [2.45, 2.75) is 58.5 Å². The van der Waals surface area contributed by atoms with Crippen LogP contribution in [-0.2, 0) is 16.0 Å². The minimum Gasteiger partial charge on any atom is -0.444 e. The van der Waals surface area contributed by atoms with Gasteiger partial charge in [0, 0.05) is 39.9 Å². The Bertz CT molecular complexity index is 797. The molecule has 1 saturated carbocycles. The zero-order chi connectivity index (χ0) is 23.8. The summed E-state index contributed by atoms with van der Waals surface area (Å²) in [4.78, 5) is 30.6. The van der Waals surface area contributed by atoms with Crippen LogP contribution < -0.4 is 16.0 Å². The topological polar surface area (TPSA) is 95.1 Å². The second kappa shape index (κ2) is 13.0. The van der Waals surface area contributed by atoms with Gasteiger partial charge in [-0.05, 0) is 57.7 Å². The van der Waals surface area contributed by atoms with Crippen LogP contribution in [-0.4, -0.2) is 62.7 Å². The van der Waals surface area contributed by atoms with E-state index in [1.54, 1.807) is 11.9 Å². The third kappa shape index (κ3) is 9.38. The lowest BCUT2D eigenvalue weighted by atomic mass is 9.84. The quantitative estimate of drug-likeness (QED) is 0.261. The van der Waals surface area contributed by atoms with E-state index in [-0.39, 0.29) is 35.3 Å². The van der Waals surface area contributed by atoms with Crippen molar-refractivity contribution in [3.8, 4) is 0 Å². The molecule has 1 aliphatic carbocycles. The normalized spacial score (nSPS) is 15.3. The molecule has 1 aromatic carbocycles. The highest BCUT2D eigenvalue weighted by Gasteiger charge is 2.42. The van der Waals surface area contributed by atoms with Gasteiger partial charge < -0.3 is 20.3 Å². The molecular formula is C24H40IN5O3. The largest absolute Gasteiger partial charge is 0.444 e. The number of nitrogens with one attached hydrogen (secondary N) is 3. The van der Waals surface area contributed by atoms with E-state index < -0.39 is 11.7 Å². The Morgan fingerprint density at radius 2 is 1.70 bits per heavy atom. The number of carbonyl (C=O) groups excluding carboxylic acids is 2. The average Bonchev–Trinajstić information content (AvgIpc) is 3.19. The van der Waals surface area contributed by atoms with Crippen LogP contribution in [0, 0.1) is 5.41 Å². The van der Waals surface area contributed by atoms with Crippen LogP contribution in [0.1, 0.15) is 52.0 Å². The molecular weight excluding hydrogens is 533 g/mol. The van der Waals surface area contributed by atoms with Gasteiger partial charge in [-0.2, -0.15) is 0 Å². The summed E-state index contributed by atoms with van der Waals surface area (Å²) in [6.45, 7) is 6.79. The molecule has 0 radical (unpaired) electrons. The summed E-state index contributed by atoms with van der Waals surface area (Å²) in [7, 11) is 5.38. The van der Waals surface area contributed by atoms with Gasteiger partial charge in [0.05, 0.1) is 5.41 Å². The molecule has 2 rings (SSSR count). The Kier molecular flexibility index (Phi) is 11.4. The van der Waals surface area contributed by atoms with Crippen LogP contribution in [0.4, 0.5) is 10.5 Å². The molecule has 186 valence electrons. The molecule has 9 heteroatoms. The second-order valence-corrected chi connectivity index (χ2v) is 9.61. The van der Waals surface area contributed by atoms with Gasteiger partial charge in [-0.3, -0.25) is 15.1 Å². The van der Waals surface area contributed by atoms with Gasteiger partial charge in [0.25, 0.3) is 0 Å². The van der Waals surface area contributed by atoms with Gasteiger partial charge in [0.2, 0.25) is 5.91 Å². The molecule has 0 aliphatic heterocycles. The van der Waals surface area contributed by atoms with Crippen molar-refractivity contribution in [2.75, 3.05) is 39.5 Å². The molecule has 1 fully saturated rings. The number of carbonyl (C=O) groups is 2. The standard InChI is InChI=1S/C24H39N5O3.HI/c1-23(2,3)32-22(31)28-19-11-9-18(10-12-19)13-16-26-21(25-4)27-17-24(14-7-8-15-24)20(30)29(5)6;/h9-12H,7-8,13-17H2,1-6H3,(H,28,31)(H2,25,26,27);1H. The number of halogens is 1. The van der Waals surface area contributed by atoms with Crippen LogP contribution >= 0.6 is 24.0 Å². The Hall–Kier alpha value is -2.04. The van der Waals surface area contributed by atoms with E-state index in [2.05, 4.69) is 20.9 Å². The number of benzene rings is 1. The minimum absolute atomic E-state index is 0. The molecule has 0 bridgehead atoms. The van der Waals surface area contributed by atoms with Gasteiger partial charge in [-0.15, -0.1) is 24.0 Å². The maximum Gasteiger partial charge on any atom is 0.412 e. The lowest BCUT2D eigenvalue weighted by molar-refractivity contribution is -0.138. The fourth-order valence-electron chi connectivity index (χ4n) is 3.97. The van der Waals surface area contributed by atoms with Crippen molar-refractivity contribution in [3.63, 3.8) is 0 Å². The SMILES string of the molecule is CN=C(NCCc1ccc(NC(=O)OC(C)(C)C)cc1)NCC1(C(=O)N(C)C)CCCC1.I. The summed E-state index contributed by atoms with van der Waals surface area (Å²) in [6.07, 6.45) is 4.34. The number of ether oxygens (including phenoxy) is 1. The molecule has 8 nitrogen and oxygen atoms in total. The maximum atomic E-state index is 12.7. The van der Waals surface area contributed by atoms with Crippen LogP contribution in [0.25, 0.3) is 0 Å². The van der Waals surface area contributed by atoms with Crippen LogP contribution in [0.5, 0.6) is 0 Å². The Morgan fingerprint density at radius 3 is 2.21 bits per heavy atom. The number of aliphatic imine (C=N–C) groups is 1. The summed E-state index contributed by atoms with van der Waals surface area (Å²) >= 11 is 0. The first-order valence-electron chi connectivity index (χ1n) is 11.3. The number of amides is 2. The van der Waals surface area contributed by atoms with Gasteiger partial charge in [0.15, 0.2) is 5.96 Å². The second-order valence-electron chi connectivity index (χ2n) is 9.61. The molecule has 0 spiro atoms. The van der Waals surface area contributed by atoms with Crippen molar-refractivity contribution in [2.24, 2.45) is 10.4 Å². The number of nitrogens with zero attached hydrogens (tertiary/aromatic N) is 2. The molecule has 0 unspecified atom stereocenters. The lowest BCUT2D eigenvalue weighted by Crippen LogP contribution is -2.49. The Labute approximate surface area is 215 Å². The van der Waals surface area contributed by atoms with Crippen LogP contribution in [0.3, 0.4) is 0 Å². The summed E-state index contributed by atoms with van der Waals surface area (Å²) in [5, 5.41) is 9.41. The highest BCUT2D eigenvalue weighted by Crippen LogP contribution is 2.38. The molecule has 0 heterocycles. The van der Waals surface area contributed by atoms with E-state index in [1.807, 2.05) is 59.1 Å². The van der Waals surface area contributed by atoms with E-state index in [9.17, 15) is 9.59 Å². The van der Waals surface area contributed by atoms with Crippen molar-refractivity contribution in [3.05, 3.63) is 29.8 Å². The molecule has 3 N–H and O–H groups in total. The van der Waals surface area contributed by atoms with E-state index in [4.69, 9.17) is 4.74 Å². The predicted octanol–water partition coefficient (Wildman–Crippen LogP) is 4.01. The summed E-state index contributed by atoms with van der Waals surface area (Å²) in [5.41, 5.74) is 0.968. The van der Waals surface area contributed by atoms with Crippen molar-refractivity contribution < 1.29 is 14.3 Å². The van der Waals surface area contributed by atoms with E-state index >= 15 is 0 Å². The third-order valence-electron chi connectivity index (χ3n) is 5.54. The van der Waals surface area contributed by atoms with Crippen LogP contribution in [0.2, 0.25) is 0 Å². The lowest BCUT2D eigenvalue weighted by Gasteiger charge is -2.31. The van der Waals surface area contributed by atoms with Gasteiger partial charge in [0.1, 0.15) is 5.60 Å². The molecule has 0 saturated heterocycles. The summed E-state index contributed by atoms with van der Waals surface area (Å²) in [5.74, 6) is 0.893. The summed E-state index contributed by atoms with van der Waals surface area (Å²) in [6, 6.07) is 7.69. The highest BCUT2D eigenvalue weighted by molar-refractivity contribution is 14.0. The van der Waals surface area contributed by atoms with Crippen molar-refractivity contribution >= 4 is 47.6 Å². The van der Waals surface area contributed by atoms with Crippen LogP contribution in [0.15, 0.2) is 29.3 Å². The fraction of sp³-hybridized carbons (Fsp3) is 0.625. The minimum atomic E-state index is -0.528. The number of anilines is 1. The fourth-order valence-corrected chi connectivity index (χ4v) is 3.97. The van der Waals surface area contributed by atoms with Gasteiger partial charge >= 0.3 is 6.09 Å². The van der Waals surface area contributed by atoms with Gasteiger partial charge in [-0.25, -0.2) is 4.79 Å². The van der Waals surface area contributed by atoms with Gasteiger partial charge in [-0.1, -0.05) is 25.0 Å². The first kappa shape index (κ1) is 29.0. The first-order valence-corrected chi connectivity index (χ1v) is 11.3. The number of hydrogen-bond acceptors (Lipinski definition) is 4. The Balaban J connectivity index is 0.00000544. The van der Waals surface area contributed by atoms with Crippen molar-refractivity contribution in [1.29, 1.82) is 0 Å². The molecule has 0 aromatic heterocycles. The van der Waals surface area contributed by atoms with E-state index in [0.29, 0.717) is 24.7 Å². The van der Waals surface area contributed by atoms with Crippen molar-refractivity contribution in [1.82, 2.24) is 15.5 Å². The summed E-state index contributed by atoms with van der Waals surface area (Å²) < 4.78 is 5.27. The third-order valence-corrected chi connectivity index (χ3v) is 5.54. The predicted molar refractivity (Wildman–Crippen MR) is 144 cm³/mol. The monoisotopic (exact) mass is 573 g/mol. The molecule has 1 aromatic rings. The average molecular weight is 574 g/mol. The molecule has 1 aliphatic rings. The van der Waals surface area contributed by atoms with E-state index in [0.717, 1.165) is 37.7 Å². The molecule has 2 amide bonds. The maximum absolute atomic E-state index is 12.7. The number of guanidine groups is 1. The number of rotatable bonds is 7.